The van der Waals surface area contributed by atoms with Crippen molar-refractivity contribution in [1.29, 1.82) is 0 Å². The second-order valence-corrected chi connectivity index (χ2v) is 4.94. The second kappa shape index (κ2) is 8.23. The molecule has 1 rings (SSSR count). The van der Waals surface area contributed by atoms with Gasteiger partial charge in [0.15, 0.2) is 11.5 Å². The highest BCUT2D eigenvalue weighted by molar-refractivity contribution is 6.35. The van der Waals surface area contributed by atoms with Gasteiger partial charge in [-0.05, 0) is 31.0 Å². The quantitative estimate of drug-likeness (QED) is 0.432. The van der Waals surface area contributed by atoms with Crippen molar-refractivity contribution in [2.45, 2.75) is 26.3 Å². The molecule has 0 spiro atoms. The molecule has 0 radical (unpaired) electrons. The van der Waals surface area contributed by atoms with Crippen LogP contribution in [0, 0.1) is 0 Å². The van der Waals surface area contributed by atoms with Gasteiger partial charge in [0.25, 0.3) is 0 Å². The number of phenols is 1. The zero-order valence-electron chi connectivity index (χ0n) is 12.5. The molecule has 0 fully saturated rings. The zero-order valence-corrected chi connectivity index (χ0v) is 13.3. The minimum absolute atomic E-state index is 0.0849. The number of benzene rings is 1. The SMILES string of the molecule is CC[C@@H](C)NC(=O)C(=O)N/N=C\c1cc(Cl)c(O)c(OC)c1. The summed E-state index contributed by atoms with van der Waals surface area (Å²) in [6.45, 7) is 3.68. The average Bonchev–Trinajstić information content (AvgIpc) is 2.50. The third-order valence-electron chi connectivity index (χ3n) is 2.85. The molecule has 0 bridgehead atoms. The van der Waals surface area contributed by atoms with Crippen molar-refractivity contribution in [3.8, 4) is 11.5 Å². The zero-order chi connectivity index (χ0) is 16.7. The van der Waals surface area contributed by atoms with Crippen molar-refractivity contribution in [2.24, 2.45) is 5.10 Å². The summed E-state index contributed by atoms with van der Waals surface area (Å²) >= 11 is 5.82. The van der Waals surface area contributed by atoms with Crippen molar-refractivity contribution in [3.63, 3.8) is 0 Å². The summed E-state index contributed by atoms with van der Waals surface area (Å²) in [5, 5.41) is 15.9. The molecule has 1 aromatic carbocycles. The number of hydrogen-bond donors (Lipinski definition) is 3. The van der Waals surface area contributed by atoms with Crippen LogP contribution in [0.4, 0.5) is 0 Å². The topological polar surface area (TPSA) is 100 Å². The number of ether oxygens (including phenoxy) is 1. The number of carbonyl (C=O) groups excluding carboxylic acids is 2. The molecule has 1 atom stereocenters. The number of methoxy groups -OCH3 is 1. The maximum atomic E-state index is 11.5. The van der Waals surface area contributed by atoms with E-state index in [1.54, 1.807) is 6.92 Å². The van der Waals surface area contributed by atoms with Gasteiger partial charge in [0.1, 0.15) is 0 Å². The fourth-order valence-corrected chi connectivity index (χ4v) is 1.65. The summed E-state index contributed by atoms with van der Waals surface area (Å²) in [5.74, 6) is -1.63. The number of phenolic OH excluding ortho intramolecular Hbond substituents is 1. The Morgan fingerprint density at radius 2 is 2.14 bits per heavy atom. The highest BCUT2D eigenvalue weighted by atomic mass is 35.5. The van der Waals surface area contributed by atoms with Crippen LogP contribution in [-0.2, 0) is 9.59 Å². The molecule has 120 valence electrons. The number of aromatic hydroxyl groups is 1. The Kier molecular flexibility index (Phi) is 6.65. The van der Waals surface area contributed by atoms with Crippen LogP contribution in [0.1, 0.15) is 25.8 Å². The van der Waals surface area contributed by atoms with Gasteiger partial charge in [0.05, 0.1) is 18.3 Å². The van der Waals surface area contributed by atoms with Gasteiger partial charge in [0, 0.05) is 6.04 Å². The monoisotopic (exact) mass is 327 g/mol. The van der Waals surface area contributed by atoms with Crippen LogP contribution < -0.4 is 15.5 Å². The third-order valence-corrected chi connectivity index (χ3v) is 3.13. The van der Waals surface area contributed by atoms with E-state index in [1.165, 1.54) is 25.5 Å². The molecule has 0 aliphatic carbocycles. The first-order valence-corrected chi connectivity index (χ1v) is 6.97. The first-order chi connectivity index (χ1) is 10.4. The molecular formula is C14H18ClN3O4. The summed E-state index contributed by atoms with van der Waals surface area (Å²) in [6.07, 6.45) is 2.00. The van der Waals surface area contributed by atoms with E-state index in [9.17, 15) is 14.7 Å². The average molecular weight is 328 g/mol. The molecule has 0 saturated carbocycles. The molecule has 22 heavy (non-hydrogen) atoms. The summed E-state index contributed by atoms with van der Waals surface area (Å²) in [6, 6.07) is 2.83. The second-order valence-electron chi connectivity index (χ2n) is 4.54. The highest BCUT2D eigenvalue weighted by Crippen LogP contribution is 2.34. The van der Waals surface area contributed by atoms with Crippen LogP contribution in [0.25, 0.3) is 0 Å². The Bertz CT molecular complexity index is 590. The lowest BCUT2D eigenvalue weighted by Gasteiger charge is -2.09. The predicted molar refractivity (Wildman–Crippen MR) is 83.3 cm³/mol. The van der Waals surface area contributed by atoms with Crippen LogP contribution in [0.5, 0.6) is 11.5 Å². The molecule has 7 nitrogen and oxygen atoms in total. The number of nitrogens with zero attached hydrogens (tertiary/aromatic N) is 1. The van der Waals surface area contributed by atoms with Crippen LogP contribution in [-0.4, -0.2) is 36.3 Å². The number of rotatable bonds is 5. The lowest BCUT2D eigenvalue weighted by atomic mass is 10.2. The lowest BCUT2D eigenvalue weighted by Crippen LogP contribution is -2.41. The molecule has 2 amide bonds. The predicted octanol–water partition coefficient (Wildman–Crippen LogP) is 1.42. The van der Waals surface area contributed by atoms with Gasteiger partial charge in [0.2, 0.25) is 0 Å². The lowest BCUT2D eigenvalue weighted by molar-refractivity contribution is -0.139. The molecule has 0 aromatic heterocycles. The fourth-order valence-electron chi connectivity index (χ4n) is 1.43. The van der Waals surface area contributed by atoms with Crippen LogP contribution in [0.15, 0.2) is 17.2 Å². The number of carbonyl (C=O) groups is 2. The van der Waals surface area contributed by atoms with E-state index < -0.39 is 11.8 Å². The van der Waals surface area contributed by atoms with Crippen molar-refractivity contribution < 1.29 is 19.4 Å². The van der Waals surface area contributed by atoms with E-state index in [4.69, 9.17) is 16.3 Å². The van der Waals surface area contributed by atoms with Gasteiger partial charge in [-0.1, -0.05) is 18.5 Å². The Morgan fingerprint density at radius 3 is 2.73 bits per heavy atom. The molecule has 0 unspecified atom stereocenters. The number of amides is 2. The molecule has 1 aromatic rings. The summed E-state index contributed by atoms with van der Waals surface area (Å²) in [5.41, 5.74) is 2.59. The summed E-state index contributed by atoms with van der Waals surface area (Å²) < 4.78 is 4.94. The van der Waals surface area contributed by atoms with Crippen molar-refractivity contribution >= 4 is 29.6 Å². The standard InChI is InChI=1S/C14H18ClN3O4/c1-4-8(2)17-13(20)14(21)18-16-7-9-5-10(15)12(19)11(6-9)22-3/h5-8,19H,4H2,1-3H3,(H,17,20)(H,18,21)/b16-7-/t8-/m1/s1. The van der Waals surface area contributed by atoms with Crippen LogP contribution in [0.3, 0.4) is 0 Å². The van der Waals surface area contributed by atoms with E-state index in [0.717, 1.165) is 0 Å². The Morgan fingerprint density at radius 1 is 1.45 bits per heavy atom. The Labute approximate surface area is 133 Å². The number of nitrogens with one attached hydrogen (secondary N) is 2. The maximum Gasteiger partial charge on any atom is 0.329 e. The van der Waals surface area contributed by atoms with Crippen LogP contribution in [0.2, 0.25) is 5.02 Å². The first kappa shape index (κ1) is 17.8. The number of hydrazone groups is 1. The minimum Gasteiger partial charge on any atom is -0.503 e. The summed E-state index contributed by atoms with van der Waals surface area (Å²) in [4.78, 5) is 23.0. The fraction of sp³-hybridized carbons (Fsp3) is 0.357. The molecule has 0 saturated heterocycles. The highest BCUT2D eigenvalue weighted by Gasteiger charge is 2.14. The largest absolute Gasteiger partial charge is 0.503 e. The van der Waals surface area contributed by atoms with E-state index in [2.05, 4.69) is 15.8 Å². The Balaban J connectivity index is 2.68. The van der Waals surface area contributed by atoms with E-state index in [0.29, 0.717) is 12.0 Å². The third kappa shape index (κ3) is 4.92. The van der Waals surface area contributed by atoms with E-state index >= 15 is 0 Å². The van der Waals surface area contributed by atoms with E-state index in [1.807, 2.05) is 6.92 Å². The molecule has 0 aliphatic rings. The first-order valence-electron chi connectivity index (χ1n) is 6.59. The molecule has 3 N–H and O–H groups in total. The maximum absolute atomic E-state index is 11.5. The van der Waals surface area contributed by atoms with Gasteiger partial charge in [-0.25, -0.2) is 5.43 Å². The normalized spacial score (nSPS) is 12.0. The molecular weight excluding hydrogens is 310 g/mol. The summed E-state index contributed by atoms with van der Waals surface area (Å²) in [7, 11) is 1.38. The molecule has 0 aliphatic heterocycles. The van der Waals surface area contributed by atoms with Gasteiger partial charge in [-0.15, -0.1) is 0 Å². The van der Waals surface area contributed by atoms with Gasteiger partial charge < -0.3 is 15.2 Å². The van der Waals surface area contributed by atoms with Crippen molar-refractivity contribution in [1.82, 2.24) is 10.7 Å². The van der Waals surface area contributed by atoms with Crippen molar-refractivity contribution in [3.05, 3.63) is 22.7 Å². The molecule has 0 heterocycles. The van der Waals surface area contributed by atoms with Gasteiger partial charge in [-0.2, -0.15) is 5.10 Å². The van der Waals surface area contributed by atoms with Crippen LogP contribution >= 0.6 is 11.6 Å². The number of hydrogen-bond acceptors (Lipinski definition) is 5. The molecule has 8 heteroatoms. The van der Waals surface area contributed by atoms with Crippen molar-refractivity contribution in [2.75, 3.05) is 7.11 Å². The van der Waals surface area contributed by atoms with E-state index in [-0.39, 0.29) is 22.6 Å². The number of halogens is 1. The smallest absolute Gasteiger partial charge is 0.329 e. The van der Waals surface area contributed by atoms with Gasteiger partial charge in [-0.3, -0.25) is 9.59 Å². The van der Waals surface area contributed by atoms with Gasteiger partial charge >= 0.3 is 11.8 Å². The minimum atomic E-state index is -0.867. The Hall–Kier alpha value is -2.28.